The Bertz CT molecular complexity index is 938. The van der Waals surface area contributed by atoms with E-state index in [4.69, 9.17) is 0 Å². The van der Waals surface area contributed by atoms with Crippen LogP contribution in [0.25, 0.3) is 0 Å². The first-order valence-corrected chi connectivity index (χ1v) is 10.9. The number of rotatable bonds is 4. The van der Waals surface area contributed by atoms with Gasteiger partial charge in [0.05, 0.1) is 6.04 Å². The van der Waals surface area contributed by atoms with E-state index in [1.165, 1.54) is 33.6 Å². The molecule has 1 aliphatic rings. The highest BCUT2D eigenvalue weighted by Gasteiger charge is 2.32. The van der Waals surface area contributed by atoms with Gasteiger partial charge in [-0.2, -0.15) is 0 Å². The second-order valence-electron chi connectivity index (χ2n) is 7.80. The highest BCUT2D eigenvalue weighted by atomic mass is 32.1. The Morgan fingerprint density at radius 3 is 2.56 bits per heavy atom. The molecule has 1 unspecified atom stereocenters. The lowest BCUT2D eigenvalue weighted by Crippen LogP contribution is -2.35. The molecule has 2 aromatic carbocycles. The number of thiophene rings is 1. The zero-order valence-corrected chi connectivity index (χ0v) is 17.7. The molecule has 2 heteroatoms. The molecule has 1 aliphatic heterocycles. The van der Waals surface area contributed by atoms with Crippen LogP contribution >= 0.6 is 11.3 Å². The van der Waals surface area contributed by atoms with Gasteiger partial charge in [-0.1, -0.05) is 61.0 Å². The fourth-order valence-corrected chi connectivity index (χ4v) is 5.98. The summed E-state index contributed by atoms with van der Waals surface area (Å²) in [5.74, 6) is 0. The molecule has 0 N–H and O–H groups in total. The number of nitrogens with zero attached hydrogens (tertiary/aromatic N) is 1. The molecule has 0 saturated heterocycles. The maximum absolute atomic E-state index is 2.69. The second kappa shape index (κ2) is 7.61. The van der Waals surface area contributed by atoms with Crippen molar-refractivity contribution in [2.45, 2.75) is 53.1 Å². The van der Waals surface area contributed by atoms with Gasteiger partial charge < -0.3 is 0 Å². The molecule has 0 saturated carbocycles. The van der Waals surface area contributed by atoms with E-state index in [0.29, 0.717) is 6.04 Å². The summed E-state index contributed by atoms with van der Waals surface area (Å²) >= 11 is 2.02. The molecule has 2 heterocycles. The van der Waals surface area contributed by atoms with Crippen molar-refractivity contribution in [3.05, 3.63) is 91.7 Å². The van der Waals surface area contributed by atoms with Gasteiger partial charge in [-0.25, -0.2) is 0 Å². The lowest BCUT2D eigenvalue weighted by molar-refractivity contribution is 0.207. The zero-order valence-electron chi connectivity index (χ0n) is 16.9. The minimum atomic E-state index is 0.374. The highest BCUT2D eigenvalue weighted by Crippen LogP contribution is 2.43. The smallest absolute Gasteiger partial charge is 0.0702 e. The van der Waals surface area contributed by atoms with Crippen LogP contribution in [0.4, 0.5) is 0 Å². The predicted octanol–water partition coefficient (Wildman–Crippen LogP) is 6.38. The zero-order chi connectivity index (χ0) is 19.0. The van der Waals surface area contributed by atoms with E-state index >= 15 is 0 Å². The number of hydrogen-bond donors (Lipinski definition) is 0. The number of fused-ring (bicyclic) bond motifs is 1. The van der Waals surface area contributed by atoms with Gasteiger partial charge in [-0.3, -0.25) is 4.90 Å². The van der Waals surface area contributed by atoms with Crippen molar-refractivity contribution in [2.75, 3.05) is 6.54 Å². The summed E-state index contributed by atoms with van der Waals surface area (Å²) in [6.45, 7) is 11.2. The molecule has 0 radical (unpaired) electrons. The Hall–Kier alpha value is -1.90. The van der Waals surface area contributed by atoms with Gasteiger partial charge in [0, 0.05) is 22.8 Å². The summed E-state index contributed by atoms with van der Waals surface area (Å²) in [7, 11) is 0. The predicted molar refractivity (Wildman–Crippen MR) is 117 cm³/mol. The molecule has 0 bridgehead atoms. The van der Waals surface area contributed by atoms with Gasteiger partial charge in [0.25, 0.3) is 0 Å². The fourth-order valence-electron chi connectivity index (χ4n) is 4.51. The molecule has 140 valence electrons. The molecule has 0 fully saturated rings. The molecule has 27 heavy (non-hydrogen) atoms. The molecule has 1 nitrogen and oxygen atoms in total. The van der Waals surface area contributed by atoms with Gasteiger partial charge >= 0.3 is 0 Å². The Balaban J connectivity index is 1.78. The third kappa shape index (κ3) is 3.49. The first-order valence-electron chi connectivity index (χ1n) is 10.0. The number of benzene rings is 2. The third-order valence-electron chi connectivity index (χ3n) is 5.96. The maximum Gasteiger partial charge on any atom is 0.0702 e. The third-order valence-corrected chi connectivity index (χ3v) is 7.20. The monoisotopic (exact) mass is 375 g/mol. The van der Waals surface area contributed by atoms with Crippen LogP contribution in [0.2, 0.25) is 0 Å². The minimum Gasteiger partial charge on any atom is -0.287 e. The molecular weight excluding hydrogens is 346 g/mol. The SMILES string of the molecule is CCc1c(C)sc2c1CCN(Cc1cc(C)ccc1C)C2c1ccccc1. The van der Waals surface area contributed by atoms with Crippen LogP contribution in [0, 0.1) is 20.8 Å². The minimum absolute atomic E-state index is 0.374. The van der Waals surface area contributed by atoms with Crippen LogP contribution in [0.3, 0.4) is 0 Å². The average molecular weight is 376 g/mol. The summed E-state index contributed by atoms with van der Waals surface area (Å²) in [5.41, 5.74) is 8.86. The van der Waals surface area contributed by atoms with E-state index < -0.39 is 0 Å². The Morgan fingerprint density at radius 1 is 1.04 bits per heavy atom. The molecule has 4 rings (SSSR count). The summed E-state index contributed by atoms with van der Waals surface area (Å²) < 4.78 is 0. The van der Waals surface area contributed by atoms with Crippen LogP contribution in [0.1, 0.15) is 56.1 Å². The van der Waals surface area contributed by atoms with Gasteiger partial charge in [-0.15, -0.1) is 11.3 Å². The van der Waals surface area contributed by atoms with Crippen molar-refractivity contribution < 1.29 is 0 Å². The summed E-state index contributed by atoms with van der Waals surface area (Å²) in [4.78, 5) is 5.78. The molecule has 1 aromatic heterocycles. The Morgan fingerprint density at radius 2 is 1.81 bits per heavy atom. The Labute approximate surface area is 167 Å². The molecule has 0 spiro atoms. The van der Waals surface area contributed by atoms with E-state index in [1.54, 1.807) is 16.0 Å². The van der Waals surface area contributed by atoms with Crippen molar-refractivity contribution >= 4 is 11.3 Å². The van der Waals surface area contributed by atoms with Crippen molar-refractivity contribution in [3.8, 4) is 0 Å². The normalized spacial score (nSPS) is 17.1. The van der Waals surface area contributed by atoms with Crippen LogP contribution < -0.4 is 0 Å². The van der Waals surface area contributed by atoms with Gasteiger partial charge in [-0.05, 0) is 61.4 Å². The largest absolute Gasteiger partial charge is 0.287 e. The van der Waals surface area contributed by atoms with Crippen LogP contribution in [-0.4, -0.2) is 11.4 Å². The van der Waals surface area contributed by atoms with Crippen LogP contribution in [0.15, 0.2) is 48.5 Å². The van der Waals surface area contributed by atoms with Crippen molar-refractivity contribution in [1.82, 2.24) is 4.90 Å². The van der Waals surface area contributed by atoms with Gasteiger partial charge in [0.2, 0.25) is 0 Å². The Kier molecular flexibility index (Phi) is 5.21. The quantitative estimate of drug-likeness (QED) is 0.511. The number of aryl methyl sites for hydroxylation is 3. The van der Waals surface area contributed by atoms with E-state index in [1.807, 2.05) is 11.3 Å². The summed E-state index contributed by atoms with van der Waals surface area (Å²) in [6.07, 6.45) is 2.33. The van der Waals surface area contributed by atoms with E-state index in [9.17, 15) is 0 Å². The van der Waals surface area contributed by atoms with Crippen LogP contribution in [0.5, 0.6) is 0 Å². The molecule has 0 amide bonds. The number of hydrogen-bond acceptors (Lipinski definition) is 2. The summed E-state index contributed by atoms with van der Waals surface area (Å²) in [6, 6.07) is 18.3. The summed E-state index contributed by atoms with van der Waals surface area (Å²) in [5, 5.41) is 0. The maximum atomic E-state index is 2.69. The van der Waals surface area contributed by atoms with Crippen molar-refractivity contribution in [3.63, 3.8) is 0 Å². The second-order valence-corrected chi connectivity index (χ2v) is 9.05. The van der Waals surface area contributed by atoms with Crippen LogP contribution in [-0.2, 0) is 19.4 Å². The lowest BCUT2D eigenvalue weighted by atomic mass is 9.91. The topological polar surface area (TPSA) is 3.24 Å². The lowest BCUT2D eigenvalue weighted by Gasteiger charge is -2.37. The van der Waals surface area contributed by atoms with E-state index in [2.05, 4.69) is 81.1 Å². The molecule has 3 aromatic rings. The van der Waals surface area contributed by atoms with E-state index in [0.717, 1.165) is 19.5 Å². The van der Waals surface area contributed by atoms with Crippen molar-refractivity contribution in [2.24, 2.45) is 0 Å². The van der Waals surface area contributed by atoms with Gasteiger partial charge in [0.15, 0.2) is 0 Å². The average Bonchev–Trinajstić information content (AvgIpc) is 3.00. The first kappa shape index (κ1) is 18.5. The van der Waals surface area contributed by atoms with Crippen molar-refractivity contribution in [1.29, 1.82) is 0 Å². The molecule has 0 aliphatic carbocycles. The fraction of sp³-hybridized carbons (Fsp3) is 0.360. The van der Waals surface area contributed by atoms with E-state index in [-0.39, 0.29) is 0 Å². The standard InChI is InChI=1S/C25H29NS/c1-5-22-19(4)27-25-23(22)13-14-26(24(25)20-9-7-6-8-10-20)16-21-15-17(2)11-12-18(21)3/h6-12,15,24H,5,13-14,16H2,1-4H3. The molecular formula is C25H29NS. The highest BCUT2D eigenvalue weighted by molar-refractivity contribution is 7.12. The van der Waals surface area contributed by atoms with Gasteiger partial charge in [0.1, 0.15) is 0 Å². The first-order chi connectivity index (χ1) is 13.1. The molecule has 1 atom stereocenters.